The van der Waals surface area contributed by atoms with E-state index in [-0.39, 0.29) is 6.10 Å². The van der Waals surface area contributed by atoms with Gasteiger partial charge in [0.1, 0.15) is 11.6 Å². The Bertz CT molecular complexity index is 266. The lowest BCUT2D eigenvalue weighted by Crippen LogP contribution is -2.16. The van der Waals surface area contributed by atoms with Crippen molar-refractivity contribution in [1.82, 2.24) is 9.97 Å². The number of rotatable bonds is 3. The van der Waals surface area contributed by atoms with Gasteiger partial charge in [0.2, 0.25) is 0 Å². The second-order valence-corrected chi connectivity index (χ2v) is 3.17. The fraction of sp³-hybridized carbons (Fsp3) is 0.556. The summed E-state index contributed by atoms with van der Waals surface area (Å²) < 4.78 is 0. The van der Waals surface area contributed by atoms with Crippen molar-refractivity contribution in [1.29, 1.82) is 0 Å². The summed E-state index contributed by atoms with van der Waals surface area (Å²) >= 11 is 0. The summed E-state index contributed by atoms with van der Waals surface area (Å²) in [5.74, 6) is 1.51. The van der Waals surface area contributed by atoms with Gasteiger partial charge in [-0.15, -0.1) is 0 Å². The molecule has 1 aromatic rings. The van der Waals surface area contributed by atoms with Crippen LogP contribution in [0.2, 0.25) is 0 Å². The molecular weight excluding hydrogens is 166 g/mol. The van der Waals surface area contributed by atoms with Gasteiger partial charge in [0.15, 0.2) is 0 Å². The van der Waals surface area contributed by atoms with Crippen LogP contribution >= 0.6 is 0 Å². The van der Waals surface area contributed by atoms with Crippen molar-refractivity contribution in [3.63, 3.8) is 0 Å². The van der Waals surface area contributed by atoms with E-state index in [1.165, 1.54) is 0 Å². The largest absolute Gasteiger partial charge is 0.392 e. The highest BCUT2D eigenvalue weighted by atomic mass is 16.3. The SMILES string of the molecule is Cc1cc(NCC(C)O)nc(C)n1. The number of aryl methyl sites for hydroxylation is 2. The molecule has 1 aromatic heterocycles. The van der Waals surface area contributed by atoms with Crippen LogP contribution in [-0.4, -0.2) is 27.7 Å². The molecule has 4 nitrogen and oxygen atoms in total. The van der Waals surface area contributed by atoms with Gasteiger partial charge in [0, 0.05) is 18.3 Å². The topological polar surface area (TPSA) is 58.0 Å². The lowest BCUT2D eigenvalue weighted by atomic mass is 10.3. The first-order chi connectivity index (χ1) is 6.08. The van der Waals surface area contributed by atoms with Gasteiger partial charge in [0.05, 0.1) is 6.10 Å². The maximum Gasteiger partial charge on any atom is 0.130 e. The van der Waals surface area contributed by atoms with Crippen LogP contribution in [0, 0.1) is 13.8 Å². The van der Waals surface area contributed by atoms with Crippen LogP contribution < -0.4 is 5.32 Å². The molecule has 0 aliphatic rings. The normalized spacial score (nSPS) is 12.6. The zero-order chi connectivity index (χ0) is 9.84. The van der Waals surface area contributed by atoms with E-state index in [1.54, 1.807) is 6.92 Å². The Labute approximate surface area is 78.0 Å². The molecule has 0 saturated heterocycles. The van der Waals surface area contributed by atoms with Crippen LogP contribution in [0.15, 0.2) is 6.07 Å². The van der Waals surface area contributed by atoms with Gasteiger partial charge >= 0.3 is 0 Å². The first-order valence-corrected chi connectivity index (χ1v) is 4.32. The summed E-state index contributed by atoms with van der Waals surface area (Å²) in [7, 11) is 0. The fourth-order valence-corrected chi connectivity index (χ4v) is 1.06. The van der Waals surface area contributed by atoms with E-state index >= 15 is 0 Å². The van der Waals surface area contributed by atoms with Gasteiger partial charge in [-0.3, -0.25) is 0 Å². The molecule has 4 heteroatoms. The zero-order valence-corrected chi connectivity index (χ0v) is 8.20. The minimum absolute atomic E-state index is 0.365. The van der Waals surface area contributed by atoms with Gasteiger partial charge < -0.3 is 10.4 Å². The molecule has 2 N–H and O–H groups in total. The molecule has 0 aliphatic carbocycles. The summed E-state index contributed by atoms with van der Waals surface area (Å²) in [4.78, 5) is 8.32. The molecule has 0 spiro atoms. The molecule has 1 heterocycles. The lowest BCUT2D eigenvalue weighted by Gasteiger charge is -2.08. The number of aliphatic hydroxyl groups excluding tert-OH is 1. The van der Waals surface area contributed by atoms with Crippen molar-refractivity contribution in [2.45, 2.75) is 26.9 Å². The summed E-state index contributed by atoms with van der Waals surface area (Å²) in [6.45, 7) is 6.01. The quantitative estimate of drug-likeness (QED) is 0.727. The van der Waals surface area contributed by atoms with E-state index in [0.29, 0.717) is 6.54 Å². The molecule has 1 unspecified atom stereocenters. The predicted octanol–water partition coefficient (Wildman–Crippen LogP) is 0.886. The maximum atomic E-state index is 9.05. The van der Waals surface area contributed by atoms with Crippen molar-refractivity contribution < 1.29 is 5.11 Å². The standard InChI is InChI=1S/C9H15N3O/c1-6-4-9(10-5-7(2)13)12-8(3)11-6/h4,7,13H,5H2,1-3H3,(H,10,11,12). The Kier molecular flexibility index (Phi) is 3.19. The molecule has 0 amide bonds. The molecule has 1 atom stereocenters. The highest BCUT2D eigenvalue weighted by Crippen LogP contribution is 2.05. The number of nitrogens with zero attached hydrogens (tertiary/aromatic N) is 2. The van der Waals surface area contributed by atoms with Crippen molar-refractivity contribution in [3.05, 3.63) is 17.6 Å². The number of aliphatic hydroxyl groups is 1. The molecule has 0 aromatic carbocycles. The van der Waals surface area contributed by atoms with Crippen molar-refractivity contribution in [2.75, 3.05) is 11.9 Å². The molecule has 0 bridgehead atoms. The molecule has 0 aliphatic heterocycles. The van der Waals surface area contributed by atoms with Crippen LogP contribution in [0.1, 0.15) is 18.4 Å². The number of aromatic nitrogens is 2. The number of hydrogen-bond donors (Lipinski definition) is 2. The van der Waals surface area contributed by atoms with Gasteiger partial charge in [-0.2, -0.15) is 0 Å². The average Bonchev–Trinajstić information content (AvgIpc) is 1.99. The fourth-order valence-electron chi connectivity index (χ4n) is 1.06. The Hall–Kier alpha value is -1.16. The van der Waals surface area contributed by atoms with Crippen LogP contribution in [0.25, 0.3) is 0 Å². The predicted molar refractivity (Wildman–Crippen MR) is 51.7 cm³/mol. The zero-order valence-electron chi connectivity index (χ0n) is 8.20. The van der Waals surface area contributed by atoms with Gasteiger partial charge in [-0.25, -0.2) is 9.97 Å². The molecule has 0 fully saturated rings. The van der Waals surface area contributed by atoms with E-state index in [9.17, 15) is 0 Å². The molecule has 1 rings (SSSR count). The lowest BCUT2D eigenvalue weighted by molar-refractivity contribution is 0.208. The number of nitrogens with one attached hydrogen (secondary N) is 1. The van der Waals surface area contributed by atoms with E-state index in [2.05, 4.69) is 15.3 Å². The van der Waals surface area contributed by atoms with Crippen LogP contribution in [-0.2, 0) is 0 Å². The van der Waals surface area contributed by atoms with Crippen molar-refractivity contribution in [3.8, 4) is 0 Å². The summed E-state index contributed by atoms with van der Waals surface area (Å²) in [5.41, 5.74) is 0.931. The summed E-state index contributed by atoms with van der Waals surface area (Å²) in [6, 6.07) is 1.86. The third-order valence-corrected chi connectivity index (χ3v) is 1.54. The van der Waals surface area contributed by atoms with Crippen LogP contribution in [0.3, 0.4) is 0 Å². The van der Waals surface area contributed by atoms with E-state index < -0.39 is 0 Å². The van der Waals surface area contributed by atoms with E-state index in [1.807, 2.05) is 19.9 Å². The monoisotopic (exact) mass is 181 g/mol. The molecular formula is C9H15N3O. The minimum Gasteiger partial charge on any atom is -0.392 e. The molecule has 0 radical (unpaired) electrons. The number of anilines is 1. The van der Waals surface area contributed by atoms with E-state index in [0.717, 1.165) is 17.3 Å². The van der Waals surface area contributed by atoms with Crippen molar-refractivity contribution in [2.24, 2.45) is 0 Å². The maximum absolute atomic E-state index is 9.05. The first-order valence-electron chi connectivity index (χ1n) is 4.32. The second-order valence-electron chi connectivity index (χ2n) is 3.17. The third-order valence-electron chi connectivity index (χ3n) is 1.54. The van der Waals surface area contributed by atoms with Gasteiger partial charge in [-0.1, -0.05) is 0 Å². The minimum atomic E-state index is -0.365. The summed E-state index contributed by atoms with van der Waals surface area (Å²) in [5, 5.41) is 12.1. The third kappa shape index (κ3) is 3.38. The van der Waals surface area contributed by atoms with Crippen molar-refractivity contribution >= 4 is 5.82 Å². The number of hydrogen-bond acceptors (Lipinski definition) is 4. The molecule has 13 heavy (non-hydrogen) atoms. The molecule has 72 valence electrons. The Morgan fingerprint density at radius 2 is 2.15 bits per heavy atom. The smallest absolute Gasteiger partial charge is 0.130 e. The Morgan fingerprint density at radius 1 is 1.46 bits per heavy atom. The highest BCUT2D eigenvalue weighted by molar-refractivity contribution is 5.35. The van der Waals surface area contributed by atoms with Crippen LogP contribution in [0.5, 0.6) is 0 Å². The van der Waals surface area contributed by atoms with Crippen LogP contribution in [0.4, 0.5) is 5.82 Å². The first kappa shape index (κ1) is 9.92. The van der Waals surface area contributed by atoms with E-state index in [4.69, 9.17) is 5.11 Å². The Morgan fingerprint density at radius 3 is 2.69 bits per heavy atom. The highest BCUT2D eigenvalue weighted by Gasteiger charge is 1.99. The summed E-state index contributed by atoms with van der Waals surface area (Å²) in [6.07, 6.45) is -0.365. The molecule has 0 saturated carbocycles. The van der Waals surface area contributed by atoms with Gasteiger partial charge in [-0.05, 0) is 20.8 Å². The second kappa shape index (κ2) is 4.18. The Balaban J connectivity index is 2.66. The average molecular weight is 181 g/mol. The van der Waals surface area contributed by atoms with Gasteiger partial charge in [0.25, 0.3) is 0 Å².